The monoisotopic (exact) mass is 289 g/mol. The van der Waals surface area contributed by atoms with Gasteiger partial charge < -0.3 is 5.11 Å². The van der Waals surface area contributed by atoms with Gasteiger partial charge in [0.2, 0.25) is 0 Å². The van der Waals surface area contributed by atoms with Gasteiger partial charge in [-0.05, 0) is 45.0 Å². The van der Waals surface area contributed by atoms with Crippen LogP contribution < -0.4 is 0 Å². The van der Waals surface area contributed by atoms with Gasteiger partial charge in [-0.1, -0.05) is 19.1 Å². The maximum Gasteiger partial charge on any atom is 0.416 e. The third-order valence-corrected chi connectivity index (χ3v) is 3.94. The van der Waals surface area contributed by atoms with Crippen LogP contribution >= 0.6 is 0 Å². The van der Waals surface area contributed by atoms with Crippen molar-refractivity contribution in [1.82, 2.24) is 4.90 Å². The lowest BCUT2D eigenvalue weighted by molar-refractivity contribution is -0.137. The van der Waals surface area contributed by atoms with E-state index in [1.54, 1.807) is 0 Å². The van der Waals surface area contributed by atoms with Gasteiger partial charge in [0, 0.05) is 12.1 Å². The molecule has 1 rings (SSSR count). The summed E-state index contributed by atoms with van der Waals surface area (Å²) >= 11 is 0. The first-order chi connectivity index (χ1) is 9.08. The van der Waals surface area contributed by atoms with E-state index in [2.05, 4.69) is 0 Å². The van der Waals surface area contributed by atoms with Crippen molar-refractivity contribution in [2.75, 3.05) is 13.6 Å². The van der Waals surface area contributed by atoms with Crippen molar-refractivity contribution in [3.8, 4) is 0 Å². The highest BCUT2D eigenvalue weighted by Crippen LogP contribution is 2.31. The molecule has 0 saturated carbocycles. The number of likely N-dealkylation sites (N-methyl/N-ethyl adjacent to an activating group) is 1. The van der Waals surface area contributed by atoms with Crippen LogP contribution in [0.15, 0.2) is 24.3 Å². The molecule has 1 aromatic rings. The van der Waals surface area contributed by atoms with E-state index in [1.165, 1.54) is 12.1 Å². The van der Waals surface area contributed by atoms with Gasteiger partial charge in [-0.25, -0.2) is 0 Å². The fourth-order valence-corrected chi connectivity index (χ4v) is 1.80. The maximum atomic E-state index is 12.6. The summed E-state index contributed by atoms with van der Waals surface area (Å²) in [4.78, 5) is 1.96. The molecule has 0 heterocycles. The average Bonchev–Trinajstić information content (AvgIpc) is 2.37. The fourth-order valence-electron chi connectivity index (χ4n) is 1.80. The molecule has 1 atom stereocenters. The molecular formula is C15H22F3NO. The fraction of sp³-hybridized carbons (Fsp3) is 0.600. The summed E-state index contributed by atoms with van der Waals surface area (Å²) in [5.41, 5.74) is -0.548. The smallest absolute Gasteiger partial charge is 0.387 e. The predicted molar refractivity (Wildman–Crippen MR) is 73.4 cm³/mol. The summed E-state index contributed by atoms with van der Waals surface area (Å²) in [6.45, 7) is 6.40. The molecule has 2 nitrogen and oxygen atoms in total. The number of nitrogens with zero attached hydrogens (tertiary/aromatic N) is 1. The predicted octanol–water partition coefficient (Wildman–Crippen LogP) is 3.86. The highest BCUT2D eigenvalue weighted by molar-refractivity contribution is 5.27. The number of β-amino-alcohol motifs (C(OH)–C–C–N with tert-alkyl or cyclic N) is 1. The van der Waals surface area contributed by atoms with Crippen LogP contribution in [0.5, 0.6) is 0 Å². The van der Waals surface area contributed by atoms with Gasteiger partial charge in [-0.2, -0.15) is 13.2 Å². The topological polar surface area (TPSA) is 23.5 Å². The highest BCUT2D eigenvalue weighted by atomic mass is 19.4. The lowest BCUT2D eigenvalue weighted by Crippen LogP contribution is -2.42. The second-order valence-corrected chi connectivity index (χ2v) is 5.69. The lowest BCUT2D eigenvalue weighted by Gasteiger charge is -2.36. The van der Waals surface area contributed by atoms with Gasteiger partial charge in [-0.3, -0.25) is 4.90 Å². The largest absolute Gasteiger partial charge is 0.416 e. The molecule has 1 unspecified atom stereocenters. The molecule has 0 fully saturated rings. The van der Waals surface area contributed by atoms with Crippen LogP contribution in [-0.2, 0) is 6.18 Å². The van der Waals surface area contributed by atoms with Gasteiger partial charge in [0.1, 0.15) is 0 Å². The van der Waals surface area contributed by atoms with Crippen molar-refractivity contribution in [1.29, 1.82) is 0 Å². The summed E-state index contributed by atoms with van der Waals surface area (Å²) in [6.07, 6.45) is -4.43. The van der Waals surface area contributed by atoms with Crippen molar-refractivity contribution < 1.29 is 18.3 Å². The van der Waals surface area contributed by atoms with E-state index in [9.17, 15) is 18.3 Å². The Morgan fingerprint density at radius 1 is 1.25 bits per heavy atom. The van der Waals surface area contributed by atoms with E-state index in [0.717, 1.165) is 18.6 Å². The normalized spacial score (nSPS) is 14.7. The van der Waals surface area contributed by atoms with Crippen molar-refractivity contribution >= 4 is 0 Å². The zero-order valence-electron chi connectivity index (χ0n) is 12.3. The summed E-state index contributed by atoms with van der Waals surface area (Å²) < 4.78 is 37.9. The van der Waals surface area contributed by atoms with Crippen LogP contribution in [0.1, 0.15) is 44.4 Å². The van der Waals surface area contributed by atoms with E-state index in [-0.39, 0.29) is 5.54 Å². The van der Waals surface area contributed by atoms with Crippen molar-refractivity contribution in [3.05, 3.63) is 35.4 Å². The molecule has 1 aromatic carbocycles. The highest BCUT2D eigenvalue weighted by Gasteiger charge is 2.31. The van der Waals surface area contributed by atoms with Gasteiger partial charge in [0.05, 0.1) is 11.7 Å². The third kappa shape index (κ3) is 4.21. The zero-order valence-corrected chi connectivity index (χ0v) is 12.3. The zero-order chi connectivity index (χ0) is 15.6. The van der Waals surface area contributed by atoms with Crippen LogP contribution in [0.2, 0.25) is 0 Å². The number of rotatable bonds is 5. The Bertz CT molecular complexity index is 443. The maximum absolute atomic E-state index is 12.6. The lowest BCUT2D eigenvalue weighted by atomic mass is 9.98. The molecule has 1 N–H and O–H groups in total. The first-order valence-corrected chi connectivity index (χ1v) is 6.64. The van der Waals surface area contributed by atoms with E-state index >= 15 is 0 Å². The van der Waals surface area contributed by atoms with E-state index < -0.39 is 17.8 Å². The summed E-state index contributed by atoms with van der Waals surface area (Å²) in [6, 6.07) is 4.87. The van der Waals surface area contributed by atoms with E-state index in [0.29, 0.717) is 12.1 Å². The number of alkyl halides is 3. The summed E-state index contributed by atoms with van der Waals surface area (Å²) in [5, 5.41) is 10.1. The minimum Gasteiger partial charge on any atom is -0.387 e. The van der Waals surface area contributed by atoms with Crippen LogP contribution in [0.3, 0.4) is 0 Å². The van der Waals surface area contributed by atoms with E-state index in [4.69, 9.17) is 0 Å². The number of benzene rings is 1. The Hall–Kier alpha value is -1.07. The van der Waals surface area contributed by atoms with Crippen molar-refractivity contribution in [3.63, 3.8) is 0 Å². The molecule has 0 amide bonds. The molecule has 0 radical (unpaired) electrons. The minimum atomic E-state index is -4.38. The van der Waals surface area contributed by atoms with Crippen molar-refractivity contribution in [2.24, 2.45) is 0 Å². The summed E-state index contributed by atoms with van der Waals surface area (Å²) in [7, 11) is 1.86. The van der Waals surface area contributed by atoms with Gasteiger partial charge in [-0.15, -0.1) is 0 Å². The Morgan fingerprint density at radius 2 is 1.85 bits per heavy atom. The minimum absolute atomic E-state index is 0.109. The third-order valence-electron chi connectivity index (χ3n) is 3.94. The molecule has 5 heteroatoms. The molecule has 0 aromatic heterocycles. The molecule has 0 spiro atoms. The Labute approximate surface area is 118 Å². The first-order valence-electron chi connectivity index (χ1n) is 6.64. The Morgan fingerprint density at radius 3 is 2.35 bits per heavy atom. The average molecular weight is 289 g/mol. The Balaban J connectivity index is 2.86. The van der Waals surface area contributed by atoms with Crippen LogP contribution in [-0.4, -0.2) is 29.1 Å². The molecule has 0 bridgehead atoms. The van der Waals surface area contributed by atoms with Gasteiger partial charge in [0.25, 0.3) is 0 Å². The van der Waals surface area contributed by atoms with Crippen LogP contribution in [0, 0.1) is 0 Å². The first kappa shape index (κ1) is 17.0. The molecule has 0 aliphatic rings. The van der Waals surface area contributed by atoms with Crippen LogP contribution in [0.25, 0.3) is 0 Å². The second kappa shape index (κ2) is 6.14. The van der Waals surface area contributed by atoms with E-state index in [1.807, 2.05) is 32.7 Å². The molecule has 20 heavy (non-hydrogen) atoms. The Kier molecular flexibility index (Phi) is 5.21. The molecular weight excluding hydrogens is 267 g/mol. The molecule has 0 aliphatic heterocycles. The summed E-state index contributed by atoms with van der Waals surface area (Å²) in [5.74, 6) is 0. The number of hydrogen-bond donors (Lipinski definition) is 1. The van der Waals surface area contributed by atoms with Gasteiger partial charge in [0.15, 0.2) is 0 Å². The molecule has 0 saturated heterocycles. The quantitative estimate of drug-likeness (QED) is 0.889. The number of halogens is 3. The second-order valence-electron chi connectivity index (χ2n) is 5.69. The molecule has 114 valence electrons. The van der Waals surface area contributed by atoms with Gasteiger partial charge >= 0.3 is 6.18 Å². The SMILES string of the molecule is CCC(C)(C)N(C)CC(O)c1cccc(C(F)(F)F)c1. The number of aliphatic hydroxyl groups is 1. The standard InChI is InChI=1S/C15H22F3NO/c1-5-14(2,3)19(4)10-13(20)11-7-6-8-12(9-11)15(16,17)18/h6-9,13,20H,5,10H2,1-4H3. The van der Waals surface area contributed by atoms with Crippen molar-refractivity contribution in [2.45, 2.75) is 45.0 Å². The van der Waals surface area contributed by atoms with Crippen LogP contribution in [0.4, 0.5) is 13.2 Å². The number of aliphatic hydroxyl groups excluding tert-OH is 1. The molecule has 0 aliphatic carbocycles. The number of hydrogen-bond acceptors (Lipinski definition) is 2.